The van der Waals surface area contributed by atoms with Gasteiger partial charge < -0.3 is 20.3 Å². The van der Waals surface area contributed by atoms with E-state index in [2.05, 4.69) is 10.6 Å². The van der Waals surface area contributed by atoms with Crippen LogP contribution in [0.1, 0.15) is 28.8 Å². The zero-order chi connectivity index (χ0) is 21.1. The van der Waals surface area contributed by atoms with Crippen LogP contribution in [-0.2, 0) is 16.1 Å². The number of amides is 2. The Bertz CT molecular complexity index is 957. The molecule has 2 fully saturated rings. The number of halogens is 2. The van der Waals surface area contributed by atoms with Gasteiger partial charge in [0.1, 0.15) is 11.6 Å². The summed E-state index contributed by atoms with van der Waals surface area (Å²) in [5, 5.41) is 5.60. The molecule has 4 rings (SSSR count). The minimum absolute atomic E-state index is 0.00749. The standard InChI is InChI=1S/C22H23F2N3O3/c23-16-4-3-15(19(24)11-16)13-25-22(29)18-6-5-17(26-21(28)14-1-2-14)12-20(18)27-7-9-30-10-8-27/h3-6,11-12,14H,1-2,7-10,13H2,(H,25,29)(H,26,28). The second-order valence-corrected chi connectivity index (χ2v) is 7.51. The summed E-state index contributed by atoms with van der Waals surface area (Å²) >= 11 is 0. The molecule has 0 atom stereocenters. The Labute approximate surface area is 173 Å². The van der Waals surface area contributed by atoms with Crippen LogP contribution in [-0.4, -0.2) is 38.1 Å². The number of anilines is 2. The van der Waals surface area contributed by atoms with Gasteiger partial charge in [0.2, 0.25) is 5.91 Å². The van der Waals surface area contributed by atoms with Gasteiger partial charge in [-0.05, 0) is 37.1 Å². The molecule has 158 valence electrons. The van der Waals surface area contributed by atoms with E-state index < -0.39 is 11.6 Å². The Morgan fingerprint density at radius 2 is 1.83 bits per heavy atom. The first-order valence-electron chi connectivity index (χ1n) is 10.0. The van der Waals surface area contributed by atoms with Crippen LogP contribution in [0.15, 0.2) is 36.4 Å². The van der Waals surface area contributed by atoms with E-state index in [1.54, 1.807) is 18.2 Å². The minimum atomic E-state index is -0.707. The van der Waals surface area contributed by atoms with E-state index in [-0.39, 0.29) is 29.8 Å². The second-order valence-electron chi connectivity index (χ2n) is 7.51. The van der Waals surface area contributed by atoms with Gasteiger partial charge in [0.15, 0.2) is 0 Å². The maximum Gasteiger partial charge on any atom is 0.253 e. The largest absolute Gasteiger partial charge is 0.378 e. The highest BCUT2D eigenvalue weighted by Crippen LogP contribution is 2.31. The lowest BCUT2D eigenvalue weighted by molar-refractivity contribution is -0.117. The molecule has 0 radical (unpaired) electrons. The maximum absolute atomic E-state index is 13.9. The molecule has 0 aromatic heterocycles. The third-order valence-corrected chi connectivity index (χ3v) is 5.26. The Hall–Kier alpha value is -3.00. The summed E-state index contributed by atoms with van der Waals surface area (Å²) in [6, 6.07) is 8.39. The number of rotatable bonds is 6. The quantitative estimate of drug-likeness (QED) is 0.761. The van der Waals surface area contributed by atoms with Crippen molar-refractivity contribution in [3.8, 4) is 0 Å². The number of carbonyl (C=O) groups excluding carboxylic acids is 2. The molecule has 1 aliphatic heterocycles. The molecule has 1 saturated carbocycles. The van der Waals surface area contributed by atoms with Crippen molar-refractivity contribution in [3.63, 3.8) is 0 Å². The van der Waals surface area contributed by atoms with Crippen molar-refractivity contribution in [1.29, 1.82) is 0 Å². The summed E-state index contributed by atoms with van der Waals surface area (Å²) in [5.74, 6) is -1.68. The number of carbonyl (C=O) groups is 2. The van der Waals surface area contributed by atoms with Gasteiger partial charge >= 0.3 is 0 Å². The second kappa shape index (κ2) is 8.79. The molecule has 0 spiro atoms. The Kier molecular flexibility index (Phi) is 5.94. The fourth-order valence-corrected chi connectivity index (χ4v) is 3.39. The third kappa shape index (κ3) is 4.76. The van der Waals surface area contributed by atoms with E-state index >= 15 is 0 Å². The molecule has 2 aromatic rings. The highest BCUT2D eigenvalue weighted by Gasteiger charge is 2.30. The van der Waals surface area contributed by atoms with E-state index in [9.17, 15) is 18.4 Å². The van der Waals surface area contributed by atoms with Gasteiger partial charge in [-0.1, -0.05) is 6.07 Å². The zero-order valence-electron chi connectivity index (χ0n) is 16.4. The number of benzene rings is 2. The highest BCUT2D eigenvalue weighted by molar-refractivity contribution is 6.02. The summed E-state index contributed by atoms with van der Waals surface area (Å²) < 4.78 is 32.3. The van der Waals surface area contributed by atoms with Gasteiger partial charge in [-0.3, -0.25) is 9.59 Å². The van der Waals surface area contributed by atoms with Crippen molar-refractivity contribution in [2.45, 2.75) is 19.4 Å². The van der Waals surface area contributed by atoms with Crippen LogP contribution in [0.3, 0.4) is 0 Å². The number of hydrogen-bond acceptors (Lipinski definition) is 4. The van der Waals surface area contributed by atoms with Gasteiger partial charge in [-0.25, -0.2) is 8.78 Å². The topological polar surface area (TPSA) is 70.7 Å². The van der Waals surface area contributed by atoms with Crippen molar-refractivity contribution < 1.29 is 23.1 Å². The predicted octanol–water partition coefficient (Wildman–Crippen LogP) is 3.08. The SMILES string of the molecule is O=C(NCc1ccc(F)cc1F)c1ccc(NC(=O)C2CC2)cc1N1CCOCC1. The molecular weight excluding hydrogens is 392 g/mol. The Balaban J connectivity index is 1.53. The maximum atomic E-state index is 13.9. The fourth-order valence-electron chi connectivity index (χ4n) is 3.39. The predicted molar refractivity (Wildman–Crippen MR) is 108 cm³/mol. The normalized spacial score (nSPS) is 16.3. The average molecular weight is 415 g/mol. The van der Waals surface area contributed by atoms with Crippen molar-refractivity contribution in [3.05, 3.63) is 59.2 Å². The van der Waals surface area contributed by atoms with Crippen LogP contribution in [0.5, 0.6) is 0 Å². The van der Waals surface area contributed by atoms with Crippen molar-refractivity contribution in [2.24, 2.45) is 5.92 Å². The molecule has 0 unspecified atom stereocenters. The molecule has 6 nitrogen and oxygen atoms in total. The number of morpholine rings is 1. The first-order valence-corrected chi connectivity index (χ1v) is 10.0. The monoisotopic (exact) mass is 415 g/mol. The van der Waals surface area contributed by atoms with Gasteiger partial charge in [0, 0.05) is 42.9 Å². The Morgan fingerprint density at radius 3 is 2.53 bits per heavy atom. The molecule has 1 saturated heterocycles. The molecular formula is C22H23F2N3O3. The molecule has 2 aromatic carbocycles. The fraction of sp³-hybridized carbons (Fsp3) is 0.364. The lowest BCUT2D eigenvalue weighted by Crippen LogP contribution is -2.38. The number of ether oxygens (including phenoxy) is 1. The van der Waals surface area contributed by atoms with E-state index in [1.165, 1.54) is 6.07 Å². The van der Waals surface area contributed by atoms with Crippen molar-refractivity contribution >= 4 is 23.2 Å². The molecule has 30 heavy (non-hydrogen) atoms. The molecule has 2 aliphatic rings. The summed E-state index contributed by atoms with van der Waals surface area (Å²) in [4.78, 5) is 27.0. The lowest BCUT2D eigenvalue weighted by atomic mass is 10.1. The molecule has 1 aliphatic carbocycles. The summed E-state index contributed by atoms with van der Waals surface area (Å²) in [7, 11) is 0. The summed E-state index contributed by atoms with van der Waals surface area (Å²) in [6.07, 6.45) is 1.81. The first kappa shape index (κ1) is 20.3. The molecule has 0 bridgehead atoms. The van der Waals surface area contributed by atoms with E-state index in [0.717, 1.165) is 25.0 Å². The van der Waals surface area contributed by atoms with E-state index in [4.69, 9.17) is 4.74 Å². The van der Waals surface area contributed by atoms with Gasteiger partial charge in [0.25, 0.3) is 5.91 Å². The Morgan fingerprint density at radius 1 is 1.07 bits per heavy atom. The van der Waals surface area contributed by atoms with E-state index in [0.29, 0.717) is 43.2 Å². The van der Waals surface area contributed by atoms with Gasteiger partial charge in [-0.2, -0.15) is 0 Å². The molecule has 1 heterocycles. The zero-order valence-corrected chi connectivity index (χ0v) is 16.4. The molecule has 8 heteroatoms. The smallest absolute Gasteiger partial charge is 0.253 e. The minimum Gasteiger partial charge on any atom is -0.378 e. The lowest BCUT2D eigenvalue weighted by Gasteiger charge is -2.30. The number of hydrogen-bond donors (Lipinski definition) is 2. The molecule has 2 amide bonds. The molecule has 2 N–H and O–H groups in total. The van der Waals surface area contributed by atoms with Crippen LogP contribution in [0.2, 0.25) is 0 Å². The summed E-state index contributed by atoms with van der Waals surface area (Å²) in [6.45, 7) is 2.26. The number of nitrogens with one attached hydrogen (secondary N) is 2. The van der Waals surface area contributed by atoms with Crippen LogP contribution in [0.25, 0.3) is 0 Å². The van der Waals surface area contributed by atoms with Crippen molar-refractivity contribution in [2.75, 3.05) is 36.5 Å². The van der Waals surface area contributed by atoms with Crippen LogP contribution in [0.4, 0.5) is 20.2 Å². The van der Waals surface area contributed by atoms with E-state index in [1.807, 2.05) is 4.90 Å². The average Bonchev–Trinajstić information content (AvgIpc) is 3.59. The summed E-state index contributed by atoms with van der Waals surface area (Å²) in [5.41, 5.74) is 1.94. The van der Waals surface area contributed by atoms with Crippen LogP contribution >= 0.6 is 0 Å². The van der Waals surface area contributed by atoms with Crippen molar-refractivity contribution in [1.82, 2.24) is 5.32 Å². The van der Waals surface area contributed by atoms with Gasteiger partial charge in [0.05, 0.1) is 24.5 Å². The van der Waals surface area contributed by atoms with Crippen LogP contribution < -0.4 is 15.5 Å². The number of nitrogens with zero attached hydrogens (tertiary/aromatic N) is 1. The first-order chi connectivity index (χ1) is 14.5. The third-order valence-electron chi connectivity index (χ3n) is 5.26. The van der Waals surface area contributed by atoms with Crippen LogP contribution in [0, 0.1) is 17.6 Å². The van der Waals surface area contributed by atoms with Gasteiger partial charge in [-0.15, -0.1) is 0 Å². The highest BCUT2D eigenvalue weighted by atomic mass is 19.1.